The van der Waals surface area contributed by atoms with Crippen molar-refractivity contribution in [2.45, 2.75) is 18.4 Å². The summed E-state index contributed by atoms with van der Waals surface area (Å²) in [4.78, 5) is 21.0. The largest absolute Gasteiger partial charge is 0.497 e. The van der Waals surface area contributed by atoms with Crippen LogP contribution in [0.4, 0.5) is 5.69 Å². The second kappa shape index (κ2) is 10.7. The monoisotopic (exact) mass is 559 g/mol. The molecule has 1 N–H and O–H groups in total. The fraction of sp³-hybridized carbons (Fsp3) is 0.143. The van der Waals surface area contributed by atoms with Gasteiger partial charge in [0.25, 0.3) is 10.0 Å². The highest BCUT2D eigenvalue weighted by Gasteiger charge is 2.33. The number of hydrogen-bond donors (Lipinski definition) is 1. The van der Waals surface area contributed by atoms with Gasteiger partial charge in [0.1, 0.15) is 22.7 Å². The number of pyridine rings is 2. The van der Waals surface area contributed by atoms with Crippen LogP contribution >= 0.6 is 0 Å². The highest BCUT2D eigenvalue weighted by Crippen LogP contribution is 2.38. The Morgan fingerprint density at radius 3 is 2.40 bits per heavy atom. The van der Waals surface area contributed by atoms with Crippen molar-refractivity contribution in [3.8, 4) is 17.2 Å². The minimum absolute atomic E-state index is 0.0479. The van der Waals surface area contributed by atoms with E-state index in [1.54, 1.807) is 49.5 Å². The predicted molar refractivity (Wildman–Crippen MR) is 148 cm³/mol. The van der Waals surface area contributed by atoms with Gasteiger partial charge in [-0.15, -0.1) is 0 Å². The highest BCUT2D eigenvalue weighted by atomic mass is 32.2. The molecular weight excluding hydrogens is 534 g/mol. The number of aryl methyl sites for hydroxylation is 1. The zero-order valence-corrected chi connectivity index (χ0v) is 22.7. The molecular formula is C28H25N5O6S. The summed E-state index contributed by atoms with van der Waals surface area (Å²) in [6.07, 6.45) is 4.24. The fourth-order valence-electron chi connectivity index (χ4n) is 4.44. The molecule has 11 nitrogen and oxygen atoms in total. The first-order valence-corrected chi connectivity index (χ1v) is 13.5. The van der Waals surface area contributed by atoms with Crippen LogP contribution in [0.3, 0.4) is 0 Å². The number of fused-ring (bicyclic) bond motifs is 1. The molecule has 0 unspecified atom stereocenters. The van der Waals surface area contributed by atoms with Crippen molar-refractivity contribution >= 4 is 32.7 Å². The van der Waals surface area contributed by atoms with Crippen molar-refractivity contribution in [1.29, 1.82) is 0 Å². The van der Waals surface area contributed by atoms with E-state index in [0.29, 0.717) is 28.4 Å². The van der Waals surface area contributed by atoms with E-state index in [-0.39, 0.29) is 33.7 Å². The normalized spacial score (nSPS) is 11.4. The molecule has 2 aromatic carbocycles. The molecule has 0 aliphatic carbocycles. The Kier molecular flexibility index (Phi) is 7.09. The Bertz CT molecular complexity index is 1810. The standard InChI is InChI=1S/C28H25N5O6S/c1-18-25-26(22(28(34)35)16-30-27(25)33(31-18)23-8-4-5-9-24(23)39-3)32(17-19-7-6-14-29-15-19)40(36,37)21-12-10-20(38-2)11-13-21/h4-16H,17H2,1-3H3,(H,34,35). The molecule has 12 heteroatoms. The number of rotatable bonds is 9. The van der Waals surface area contributed by atoms with E-state index in [1.165, 1.54) is 49.4 Å². The third kappa shape index (κ3) is 4.69. The van der Waals surface area contributed by atoms with E-state index in [9.17, 15) is 18.3 Å². The van der Waals surface area contributed by atoms with Crippen LogP contribution in [-0.2, 0) is 16.6 Å². The number of carbonyl (C=O) groups is 1. The molecule has 3 aromatic heterocycles. The van der Waals surface area contributed by atoms with Gasteiger partial charge < -0.3 is 14.6 Å². The molecule has 0 aliphatic heterocycles. The SMILES string of the molecule is COc1ccc(S(=O)(=O)N(Cc2cccnc2)c2c(C(=O)O)cnc3c2c(C)nn3-c2ccccc2OC)cc1. The van der Waals surface area contributed by atoms with Crippen molar-refractivity contribution < 1.29 is 27.8 Å². The third-order valence-electron chi connectivity index (χ3n) is 6.33. The van der Waals surface area contributed by atoms with Gasteiger partial charge in [-0.1, -0.05) is 18.2 Å². The van der Waals surface area contributed by atoms with Crippen LogP contribution in [0.25, 0.3) is 16.7 Å². The van der Waals surface area contributed by atoms with Crippen molar-refractivity contribution in [3.05, 3.63) is 96.1 Å². The first-order valence-electron chi connectivity index (χ1n) is 12.1. The summed E-state index contributed by atoms with van der Waals surface area (Å²) in [7, 11) is -1.31. The van der Waals surface area contributed by atoms with Gasteiger partial charge in [0.15, 0.2) is 5.65 Å². The topological polar surface area (TPSA) is 137 Å². The minimum Gasteiger partial charge on any atom is -0.497 e. The number of anilines is 1. The zero-order chi connectivity index (χ0) is 28.4. The Morgan fingerprint density at radius 2 is 1.75 bits per heavy atom. The zero-order valence-electron chi connectivity index (χ0n) is 21.8. The average Bonchev–Trinajstić information content (AvgIpc) is 3.32. The van der Waals surface area contributed by atoms with E-state index in [0.717, 1.165) is 10.5 Å². The number of aromatic nitrogens is 4. The van der Waals surface area contributed by atoms with Crippen LogP contribution in [0.15, 0.2) is 84.1 Å². The highest BCUT2D eigenvalue weighted by molar-refractivity contribution is 7.92. The minimum atomic E-state index is -4.31. The maximum absolute atomic E-state index is 14.2. The fourth-order valence-corrected chi connectivity index (χ4v) is 5.92. The van der Waals surface area contributed by atoms with Crippen molar-refractivity contribution in [2.75, 3.05) is 18.5 Å². The Balaban J connectivity index is 1.82. The summed E-state index contributed by atoms with van der Waals surface area (Å²) in [5, 5.41) is 15.1. The Hall–Kier alpha value is -4.97. The van der Waals surface area contributed by atoms with Gasteiger partial charge in [-0.3, -0.25) is 9.29 Å². The summed E-state index contributed by atoms with van der Waals surface area (Å²) in [5.74, 6) is -0.352. The lowest BCUT2D eigenvalue weighted by molar-refractivity contribution is 0.0697. The number of hydrogen-bond acceptors (Lipinski definition) is 8. The number of benzene rings is 2. The molecule has 5 rings (SSSR count). The number of methoxy groups -OCH3 is 2. The lowest BCUT2D eigenvalue weighted by atomic mass is 10.1. The predicted octanol–water partition coefficient (Wildman–Crippen LogP) is 4.23. The number of ether oxygens (including phenoxy) is 2. The molecule has 0 saturated carbocycles. The third-order valence-corrected chi connectivity index (χ3v) is 8.09. The second-order valence-electron chi connectivity index (χ2n) is 8.74. The Morgan fingerprint density at radius 1 is 1.00 bits per heavy atom. The molecule has 0 amide bonds. The number of nitrogens with zero attached hydrogens (tertiary/aromatic N) is 5. The molecule has 0 radical (unpaired) electrons. The molecule has 0 atom stereocenters. The molecule has 40 heavy (non-hydrogen) atoms. The maximum atomic E-state index is 14.2. The first-order chi connectivity index (χ1) is 19.3. The summed E-state index contributed by atoms with van der Waals surface area (Å²) in [5.41, 5.74) is 1.40. The summed E-state index contributed by atoms with van der Waals surface area (Å²) in [6, 6.07) is 16.4. The van der Waals surface area contributed by atoms with Crippen LogP contribution in [0, 0.1) is 6.92 Å². The van der Waals surface area contributed by atoms with Crippen LogP contribution < -0.4 is 13.8 Å². The second-order valence-corrected chi connectivity index (χ2v) is 10.6. The van der Waals surface area contributed by atoms with Crippen LogP contribution in [0.1, 0.15) is 21.6 Å². The van der Waals surface area contributed by atoms with Gasteiger partial charge in [-0.05, 0) is 55.0 Å². The summed E-state index contributed by atoms with van der Waals surface area (Å²) >= 11 is 0. The summed E-state index contributed by atoms with van der Waals surface area (Å²) < 4.78 is 41.8. The van der Waals surface area contributed by atoms with E-state index in [2.05, 4.69) is 15.1 Å². The van der Waals surface area contributed by atoms with Gasteiger partial charge in [-0.2, -0.15) is 5.10 Å². The average molecular weight is 560 g/mol. The quantitative estimate of drug-likeness (QED) is 0.281. The van der Waals surface area contributed by atoms with Crippen molar-refractivity contribution in [1.82, 2.24) is 19.7 Å². The van der Waals surface area contributed by atoms with Gasteiger partial charge in [-0.25, -0.2) is 22.9 Å². The van der Waals surface area contributed by atoms with Gasteiger partial charge in [0, 0.05) is 18.6 Å². The lowest BCUT2D eigenvalue weighted by Gasteiger charge is -2.26. The number of sulfonamides is 1. The molecule has 5 aromatic rings. The van der Waals surface area contributed by atoms with Gasteiger partial charge >= 0.3 is 5.97 Å². The molecule has 3 heterocycles. The maximum Gasteiger partial charge on any atom is 0.339 e. The Labute approximate surface area is 230 Å². The molecule has 0 spiro atoms. The number of aromatic carboxylic acids is 1. The smallest absolute Gasteiger partial charge is 0.339 e. The van der Waals surface area contributed by atoms with Crippen LogP contribution in [0.5, 0.6) is 11.5 Å². The van der Waals surface area contributed by atoms with Crippen molar-refractivity contribution in [3.63, 3.8) is 0 Å². The molecule has 204 valence electrons. The number of carboxylic acid groups (broad SMARTS) is 1. The van der Waals surface area contributed by atoms with E-state index < -0.39 is 16.0 Å². The molecule has 0 saturated heterocycles. The van der Waals surface area contributed by atoms with Gasteiger partial charge in [0.2, 0.25) is 0 Å². The van der Waals surface area contributed by atoms with Crippen molar-refractivity contribution in [2.24, 2.45) is 0 Å². The number of para-hydroxylation sites is 2. The van der Waals surface area contributed by atoms with E-state index in [4.69, 9.17) is 9.47 Å². The van der Waals surface area contributed by atoms with E-state index >= 15 is 0 Å². The molecule has 0 aliphatic rings. The molecule has 0 bridgehead atoms. The van der Waals surface area contributed by atoms with E-state index in [1.807, 2.05) is 0 Å². The first kappa shape index (κ1) is 26.6. The summed E-state index contributed by atoms with van der Waals surface area (Å²) in [6.45, 7) is 1.48. The lowest BCUT2D eigenvalue weighted by Crippen LogP contribution is -2.32. The van der Waals surface area contributed by atoms with Crippen LogP contribution in [-0.4, -0.2) is 53.5 Å². The van der Waals surface area contributed by atoms with Crippen LogP contribution in [0.2, 0.25) is 0 Å². The number of carboxylic acids is 1. The van der Waals surface area contributed by atoms with Gasteiger partial charge in [0.05, 0.1) is 42.4 Å². The molecule has 0 fully saturated rings.